The molecule has 0 nitrogen and oxygen atoms in total. The molecule has 0 heterocycles. The molecule has 3 heteroatoms. The van der Waals surface area contributed by atoms with Gasteiger partial charge < -0.3 is 0 Å². The Hall–Kier alpha value is -0.990. The minimum atomic E-state index is -1.45. The Kier molecular flexibility index (Phi) is 1.42. The van der Waals surface area contributed by atoms with Crippen molar-refractivity contribution in [1.29, 1.82) is 0 Å². The maximum atomic E-state index is 12.0. The van der Waals surface area contributed by atoms with Gasteiger partial charge in [0.2, 0.25) is 0 Å². The van der Waals surface area contributed by atoms with Crippen LogP contribution in [0.2, 0.25) is 0 Å². The van der Waals surface area contributed by atoms with Crippen LogP contribution in [0, 0.1) is 23.5 Å². The quantitative estimate of drug-likeness (QED) is 0.472. The molecule has 1 aromatic rings. The molecule has 1 aromatic carbocycles. The predicted octanol–water partition coefficient (Wildman–Crippen LogP) is 1.90. The molecule has 47 valence electrons. The molecule has 9 heavy (non-hydrogen) atoms. The van der Waals surface area contributed by atoms with E-state index in [-0.39, 0.29) is 0 Å². The smallest absolute Gasteiger partial charge is 0.194 e. The first kappa shape index (κ1) is 6.13. The van der Waals surface area contributed by atoms with Crippen LogP contribution in [0.5, 0.6) is 0 Å². The van der Waals surface area contributed by atoms with Crippen LogP contribution in [0.1, 0.15) is 0 Å². The summed E-state index contributed by atoms with van der Waals surface area (Å²) < 4.78 is 35.8. The van der Waals surface area contributed by atoms with Crippen LogP contribution in [0.25, 0.3) is 0 Å². The van der Waals surface area contributed by atoms with Crippen molar-refractivity contribution in [2.45, 2.75) is 0 Å². The summed E-state index contributed by atoms with van der Waals surface area (Å²) in [5.41, 5.74) is 0. The first-order valence-corrected chi connectivity index (χ1v) is 2.22. The first-order valence-electron chi connectivity index (χ1n) is 2.22. The highest BCUT2D eigenvalue weighted by Crippen LogP contribution is 2.07. The van der Waals surface area contributed by atoms with Crippen molar-refractivity contribution in [3.63, 3.8) is 0 Å². The third-order valence-corrected chi connectivity index (χ3v) is 0.839. The third-order valence-electron chi connectivity index (χ3n) is 0.839. The van der Waals surface area contributed by atoms with Gasteiger partial charge in [0.15, 0.2) is 17.5 Å². The van der Waals surface area contributed by atoms with Gasteiger partial charge in [0.1, 0.15) is 0 Å². The Labute approximate surface area is 49.9 Å². The molecule has 0 aliphatic rings. The average molecular weight is 131 g/mol. The Morgan fingerprint density at radius 2 is 1.44 bits per heavy atom. The average Bonchev–Trinajstić information content (AvgIpc) is 1.83. The van der Waals surface area contributed by atoms with Crippen molar-refractivity contribution in [2.24, 2.45) is 0 Å². The van der Waals surface area contributed by atoms with E-state index in [0.717, 1.165) is 12.1 Å². The van der Waals surface area contributed by atoms with Crippen molar-refractivity contribution >= 4 is 0 Å². The highest BCUT2D eigenvalue weighted by atomic mass is 19.2. The Bertz CT molecular complexity index is 199. The van der Waals surface area contributed by atoms with E-state index in [1.807, 2.05) is 0 Å². The summed E-state index contributed by atoms with van der Waals surface area (Å²) in [5.74, 6) is -3.88. The second kappa shape index (κ2) is 2.09. The number of benzene rings is 1. The summed E-state index contributed by atoms with van der Waals surface area (Å²) in [6, 6.07) is 3.55. The second-order valence-electron chi connectivity index (χ2n) is 1.47. The summed E-state index contributed by atoms with van der Waals surface area (Å²) in [5, 5.41) is 0. The van der Waals surface area contributed by atoms with Gasteiger partial charge in [-0.1, -0.05) is 0 Å². The molecule has 0 bridgehead atoms. The van der Waals surface area contributed by atoms with Gasteiger partial charge in [-0.15, -0.1) is 0 Å². The minimum absolute atomic E-state index is 0.735. The standard InChI is InChI=1S/C6H2F3/c7-4-2-1-3-5(8)6(4)9/h2-3H. The highest BCUT2D eigenvalue weighted by Gasteiger charge is 2.04. The SMILES string of the molecule is Fc1c[c]cc(F)c1F. The lowest BCUT2D eigenvalue weighted by molar-refractivity contribution is 0.447. The van der Waals surface area contributed by atoms with Crippen LogP contribution in [0.15, 0.2) is 12.1 Å². The second-order valence-corrected chi connectivity index (χ2v) is 1.47. The lowest BCUT2D eigenvalue weighted by Crippen LogP contribution is -1.87. The zero-order valence-electron chi connectivity index (χ0n) is 4.29. The molecule has 0 saturated heterocycles. The molecule has 0 atom stereocenters. The van der Waals surface area contributed by atoms with E-state index in [2.05, 4.69) is 6.07 Å². The van der Waals surface area contributed by atoms with Crippen LogP contribution in [0.4, 0.5) is 13.2 Å². The van der Waals surface area contributed by atoms with Crippen LogP contribution in [-0.2, 0) is 0 Å². The van der Waals surface area contributed by atoms with E-state index in [1.54, 1.807) is 0 Å². The summed E-state index contributed by atoms with van der Waals surface area (Å²) >= 11 is 0. The Balaban J connectivity index is 3.25. The summed E-state index contributed by atoms with van der Waals surface area (Å²) in [4.78, 5) is 0. The van der Waals surface area contributed by atoms with E-state index in [9.17, 15) is 13.2 Å². The van der Waals surface area contributed by atoms with Gasteiger partial charge >= 0.3 is 0 Å². The van der Waals surface area contributed by atoms with Crippen molar-refractivity contribution in [3.05, 3.63) is 35.7 Å². The number of rotatable bonds is 0. The fraction of sp³-hybridized carbons (Fsp3) is 0. The maximum Gasteiger partial charge on any atom is 0.194 e. The molecule has 0 fully saturated rings. The van der Waals surface area contributed by atoms with Crippen LogP contribution >= 0.6 is 0 Å². The van der Waals surface area contributed by atoms with Gasteiger partial charge in [0.05, 0.1) is 0 Å². The van der Waals surface area contributed by atoms with Crippen molar-refractivity contribution in [2.75, 3.05) is 0 Å². The molecular weight excluding hydrogens is 129 g/mol. The van der Waals surface area contributed by atoms with E-state index < -0.39 is 17.5 Å². The van der Waals surface area contributed by atoms with Gasteiger partial charge in [-0.3, -0.25) is 0 Å². The summed E-state index contributed by atoms with van der Waals surface area (Å²) in [7, 11) is 0. The molecule has 1 rings (SSSR count). The van der Waals surface area contributed by atoms with E-state index in [0.29, 0.717) is 0 Å². The van der Waals surface area contributed by atoms with Gasteiger partial charge in [0, 0.05) is 0 Å². The molecule has 0 N–H and O–H groups in total. The lowest BCUT2D eigenvalue weighted by Gasteiger charge is -1.89. The van der Waals surface area contributed by atoms with E-state index in [4.69, 9.17) is 0 Å². The largest absolute Gasteiger partial charge is 0.204 e. The van der Waals surface area contributed by atoms with Crippen LogP contribution in [-0.4, -0.2) is 0 Å². The zero-order valence-corrected chi connectivity index (χ0v) is 4.29. The monoisotopic (exact) mass is 131 g/mol. The molecule has 0 spiro atoms. The van der Waals surface area contributed by atoms with Gasteiger partial charge in [0.25, 0.3) is 0 Å². The number of hydrogen-bond donors (Lipinski definition) is 0. The molecule has 0 aromatic heterocycles. The molecule has 1 radical (unpaired) electrons. The number of hydrogen-bond acceptors (Lipinski definition) is 0. The molecule has 0 aliphatic heterocycles. The van der Waals surface area contributed by atoms with Crippen molar-refractivity contribution < 1.29 is 13.2 Å². The molecule has 0 unspecified atom stereocenters. The van der Waals surface area contributed by atoms with Crippen LogP contribution in [0.3, 0.4) is 0 Å². The molecule has 0 aliphatic carbocycles. The topological polar surface area (TPSA) is 0 Å². The lowest BCUT2D eigenvalue weighted by atomic mass is 10.3. The van der Waals surface area contributed by atoms with Crippen molar-refractivity contribution in [1.82, 2.24) is 0 Å². The maximum absolute atomic E-state index is 12.0. The zero-order chi connectivity index (χ0) is 6.85. The third kappa shape index (κ3) is 1.04. The first-order chi connectivity index (χ1) is 4.22. The number of halogens is 3. The summed E-state index contributed by atoms with van der Waals surface area (Å²) in [6.45, 7) is 0. The Morgan fingerprint density at radius 1 is 1.00 bits per heavy atom. The summed E-state index contributed by atoms with van der Waals surface area (Å²) in [6.07, 6.45) is 0. The highest BCUT2D eigenvalue weighted by molar-refractivity contribution is 5.06. The van der Waals surface area contributed by atoms with Crippen molar-refractivity contribution in [3.8, 4) is 0 Å². The van der Waals surface area contributed by atoms with Gasteiger partial charge in [-0.05, 0) is 18.2 Å². The fourth-order valence-corrected chi connectivity index (χ4v) is 0.429. The molecular formula is C6H2F3. The van der Waals surface area contributed by atoms with Crippen LogP contribution < -0.4 is 0 Å². The molecule has 0 amide bonds. The normalized spacial score (nSPS) is 9.67. The van der Waals surface area contributed by atoms with Gasteiger partial charge in [-0.2, -0.15) is 0 Å². The van der Waals surface area contributed by atoms with E-state index >= 15 is 0 Å². The Morgan fingerprint density at radius 3 is 1.78 bits per heavy atom. The predicted molar refractivity (Wildman–Crippen MR) is 25.2 cm³/mol. The van der Waals surface area contributed by atoms with E-state index in [1.165, 1.54) is 0 Å². The minimum Gasteiger partial charge on any atom is -0.204 e. The fourth-order valence-electron chi connectivity index (χ4n) is 0.429. The molecule has 0 saturated carbocycles. The van der Waals surface area contributed by atoms with Gasteiger partial charge in [-0.25, -0.2) is 13.2 Å².